The van der Waals surface area contributed by atoms with Crippen LogP contribution < -0.4 is 5.32 Å². The third-order valence-electron chi connectivity index (χ3n) is 2.15. The van der Waals surface area contributed by atoms with E-state index in [4.69, 9.17) is 5.11 Å². The van der Waals surface area contributed by atoms with Gasteiger partial charge < -0.3 is 10.4 Å². The third-order valence-corrected chi connectivity index (χ3v) is 3.88. The highest BCUT2D eigenvalue weighted by Gasteiger charge is 2.13. The fraction of sp³-hybridized carbons (Fsp3) is 0.273. The summed E-state index contributed by atoms with van der Waals surface area (Å²) in [5, 5.41) is 16.4. The zero-order chi connectivity index (χ0) is 12.3. The van der Waals surface area contributed by atoms with E-state index in [0.717, 1.165) is 10.6 Å². The number of hydrogen-bond acceptors (Lipinski definition) is 5. The Balaban J connectivity index is 2.11. The first-order valence-electron chi connectivity index (χ1n) is 5.11. The molecule has 2 heterocycles. The Kier molecular flexibility index (Phi) is 3.88. The van der Waals surface area contributed by atoms with Gasteiger partial charge in [-0.1, -0.05) is 0 Å². The molecule has 1 atom stereocenters. The molecule has 0 fully saturated rings. The number of thiophene rings is 1. The smallest absolute Gasteiger partial charge is 0.263 e. The van der Waals surface area contributed by atoms with E-state index in [1.807, 2.05) is 16.8 Å². The Morgan fingerprint density at radius 1 is 1.65 bits per heavy atom. The summed E-state index contributed by atoms with van der Waals surface area (Å²) in [5.41, 5.74) is 1.04. The minimum absolute atomic E-state index is 0.0675. The van der Waals surface area contributed by atoms with Crippen molar-refractivity contribution in [2.45, 2.75) is 13.0 Å². The zero-order valence-corrected chi connectivity index (χ0v) is 10.8. The molecule has 6 heteroatoms. The number of nitrogens with zero attached hydrogens (tertiary/aromatic N) is 1. The lowest BCUT2D eigenvalue weighted by Gasteiger charge is -2.08. The van der Waals surface area contributed by atoms with Gasteiger partial charge in [0.2, 0.25) is 0 Å². The number of hydrogen-bond donors (Lipinski definition) is 2. The van der Waals surface area contributed by atoms with E-state index < -0.39 is 0 Å². The Labute approximate surface area is 107 Å². The summed E-state index contributed by atoms with van der Waals surface area (Å²) in [4.78, 5) is 16.5. The van der Waals surface area contributed by atoms with Crippen molar-refractivity contribution < 1.29 is 9.90 Å². The summed E-state index contributed by atoms with van der Waals surface area (Å²) in [6.45, 7) is 1.68. The highest BCUT2D eigenvalue weighted by Crippen LogP contribution is 2.26. The highest BCUT2D eigenvalue weighted by molar-refractivity contribution is 7.17. The van der Waals surface area contributed by atoms with Gasteiger partial charge in [0.05, 0.1) is 12.8 Å². The predicted octanol–water partition coefficient (Wildman–Crippen LogP) is 1.98. The maximum Gasteiger partial charge on any atom is 0.263 e. The molecule has 0 aliphatic rings. The van der Waals surface area contributed by atoms with Crippen molar-refractivity contribution in [1.82, 2.24) is 10.3 Å². The Morgan fingerprint density at radius 2 is 2.47 bits per heavy atom. The standard InChI is InChI=1S/C11H12N2O2S2/c1-7(5-14)13-10(15)9-4-12-11(17-9)8-2-3-16-6-8/h2-4,6-7,14H,5H2,1H3,(H,13,15). The third kappa shape index (κ3) is 2.91. The average molecular weight is 268 g/mol. The van der Waals surface area contributed by atoms with E-state index in [0.29, 0.717) is 4.88 Å². The Hall–Kier alpha value is -1.24. The molecule has 0 radical (unpaired) electrons. The first-order chi connectivity index (χ1) is 8.20. The van der Waals surface area contributed by atoms with Crippen LogP contribution >= 0.6 is 22.7 Å². The molecule has 2 aromatic heterocycles. The molecular formula is C11H12N2O2S2. The molecule has 0 aliphatic carbocycles. The summed E-state index contributed by atoms with van der Waals surface area (Å²) in [6, 6.07) is 1.73. The number of thiazole rings is 1. The van der Waals surface area contributed by atoms with Crippen molar-refractivity contribution in [1.29, 1.82) is 0 Å². The van der Waals surface area contributed by atoms with Gasteiger partial charge in [0.15, 0.2) is 0 Å². The molecule has 1 unspecified atom stereocenters. The second kappa shape index (κ2) is 5.39. The topological polar surface area (TPSA) is 62.2 Å². The van der Waals surface area contributed by atoms with Crippen LogP contribution in [0.4, 0.5) is 0 Å². The van der Waals surface area contributed by atoms with Crippen LogP contribution in [0.25, 0.3) is 10.6 Å². The van der Waals surface area contributed by atoms with Crippen LogP contribution in [0, 0.1) is 0 Å². The number of nitrogens with one attached hydrogen (secondary N) is 1. The minimum atomic E-state index is -0.241. The van der Waals surface area contributed by atoms with Gasteiger partial charge in [-0.05, 0) is 18.4 Å². The maximum absolute atomic E-state index is 11.7. The van der Waals surface area contributed by atoms with Gasteiger partial charge >= 0.3 is 0 Å². The quantitative estimate of drug-likeness (QED) is 0.891. The van der Waals surface area contributed by atoms with E-state index in [9.17, 15) is 4.79 Å². The van der Waals surface area contributed by atoms with Gasteiger partial charge in [-0.3, -0.25) is 4.79 Å². The molecule has 2 rings (SSSR count). The van der Waals surface area contributed by atoms with Crippen molar-refractivity contribution in [3.63, 3.8) is 0 Å². The van der Waals surface area contributed by atoms with Crippen LogP contribution in [0.1, 0.15) is 16.6 Å². The summed E-state index contributed by atoms with van der Waals surface area (Å²) in [5.74, 6) is -0.189. The van der Waals surface area contributed by atoms with Gasteiger partial charge in [0.25, 0.3) is 5.91 Å². The largest absolute Gasteiger partial charge is 0.394 e. The van der Waals surface area contributed by atoms with Crippen molar-refractivity contribution in [3.05, 3.63) is 27.9 Å². The van der Waals surface area contributed by atoms with Gasteiger partial charge in [0.1, 0.15) is 9.88 Å². The van der Waals surface area contributed by atoms with E-state index in [2.05, 4.69) is 10.3 Å². The number of aromatic nitrogens is 1. The van der Waals surface area contributed by atoms with Gasteiger partial charge in [0, 0.05) is 17.0 Å². The normalized spacial score (nSPS) is 12.4. The summed E-state index contributed by atoms with van der Waals surface area (Å²) >= 11 is 2.95. The minimum Gasteiger partial charge on any atom is -0.394 e. The lowest BCUT2D eigenvalue weighted by molar-refractivity contribution is 0.0926. The molecule has 0 bridgehead atoms. The first-order valence-corrected chi connectivity index (χ1v) is 6.86. The van der Waals surface area contributed by atoms with Crippen LogP contribution in [0.5, 0.6) is 0 Å². The second-order valence-electron chi connectivity index (χ2n) is 3.60. The van der Waals surface area contributed by atoms with Crippen molar-refractivity contribution >= 4 is 28.6 Å². The summed E-state index contributed by atoms with van der Waals surface area (Å²) in [6.07, 6.45) is 1.57. The molecule has 4 nitrogen and oxygen atoms in total. The summed E-state index contributed by atoms with van der Waals surface area (Å²) < 4.78 is 0. The molecule has 0 spiro atoms. The average Bonchev–Trinajstić information content (AvgIpc) is 2.98. The van der Waals surface area contributed by atoms with Crippen LogP contribution in [-0.2, 0) is 0 Å². The first kappa shape index (κ1) is 12.2. The highest BCUT2D eigenvalue weighted by atomic mass is 32.1. The van der Waals surface area contributed by atoms with Gasteiger partial charge in [-0.25, -0.2) is 4.98 Å². The molecule has 17 heavy (non-hydrogen) atoms. The van der Waals surface area contributed by atoms with Gasteiger partial charge in [-0.2, -0.15) is 11.3 Å². The Morgan fingerprint density at radius 3 is 3.12 bits per heavy atom. The maximum atomic E-state index is 11.7. The van der Waals surface area contributed by atoms with E-state index in [1.54, 1.807) is 24.5 Å². The number of rotatable bonds is 4. The van der Waals surface area contributed by atoms with E-state index in [-0.39, 0.29) is 18.6 Å². The predicted molar refractivity (Wildman–Crippen MR) is 69.4 cm³/mol. The monoisotopic (exact) mass is 268 g/mol. The van der Waals surface area contributed by atoms with Crippen LogP contribution in [0.3, 0.4) is 0 Å². The molecule has 1 amide bonds. The fourth-order valence-corrected chi connectivity index (χ4v) is 2.77. The molecule has 0 saturated heterocycles. The molecule has 0 aromatic carbocycles. The SMILES string of the molecule is CC(CO)NC(=O)c1cnc(-c2ccsc2)s1. The lowest BCUT2D eigenvalue weighted by Crippen LogP contribution is -2.34. The number of aliphatic hydroxyl groups excluding tert-OH is 1. The molecular weight excluding hydrogens is 256 g/mol. The molecule has 0 saturated carbocycles. The molecule has 2 aromatic rings. The number of carbonyl (C=O) groups excluding carboxylic acids is 1. The molecule has 0 aliphatic heterocycles. The van der Waals surface area contributed by atoms with Crippen molar-refractivity contribution in [2.75, 3.05) is 6.61 Å². The van der Waals surface area contributed by atoms with Gasteiger partial charge in [-0.15, -0.1) is 11.3 Å². The Bertz CT molecular complexity index is 493. The van der Waals surface area contributed by atoms with Crippen molar-refractivity contribution in [2.24, 2.45) is 0 Å². The number of amides is 1. The van der Waals surface area contributed by atoms with E-state index in [1.165, 1.54) is 11.3 Å². The molecule has 2 N–H and O–H groups in total. The number of carbonyl (C=O) groups is 1. The fourth-order valence-electron chi connectivity index (χ4n) is 1.24. The van der Waals surface area contributed by atoms with Crippen LogP contribution in [0.2, 0.25) is 0 Å². The van der Waals surface area contributed by atoms with Crippen LogP contribution in [0.15, 0.2) is 23.0 Å². The van der Waals surface area contributed by atoms with Crippen molar-refractivity contribution in [3.8, 4) is 10.6 Å². The lowest BCUT2D eigenvalue weighted by atomic mass is 10.3. The van der Waals surface area contributed by atoms with Crippen LogP contribution in [-0.4, -0.2) is 28.6 Å². The summed E-state index contributed by atoms with van der Waals surface area (Å²) in [7, 11) is 0. The number of aliphatic hydroxyl groups is 1. The zero-order valence-electron chi connectivity index (χ0n) is 9.21. The van der Waals surface area contributed by atoms with E-state index >= 15 is 0 Å². The molecule has 90 valence electrons. The second-order valence-corrected chi connectivity index (χ2v) is 5.41.